The summed E-state index contributed by atoms with van der Waals surface area (Å²) >= 11 is 0. The van der Waals surface area contributed by atoms with E-state index in [-0.39, 0.29) is 6.42 Å². The zero-order valence-electron chi connectivity index (χ0n) is 10.2. The molecule has 17 heavy (non-hydrogen) atoms. The van der Waals surface area contributed by atoms with E-state index in [1.165, 1.54) is 7.11 Å². The number of hydrogen-bond donors (Lipinski definition) is 2. The van der Waals surface area contributed by atoms with Gasteiger partial charge in [-0.2, -0.15) is 0 Å². The molecule has 1 rings (SSSR count). The highest BCUT2D eigenvalue weighted by Crippen LogP contribution is 2.34. The quantitative estimate of drug-likeness (QED) is 0.813. The van der Waals surface area contributed by atoms with Crippen molar-refractivity contribution in [3.63, 3.8) is 0 Å². The van der Waals surface area contributed by atoms with Crippen LogP contribution in [0.1, 0.15) is 23.6 Å². The molecule has 1 unspecified atom stereocenters. The molecule has 5 nitrogen and oxygen atoms in total. The SMILES string of the molecule is COc1ccc(OC)c(C(N)CC(=O)O)c1C. The Morgan fingerprint density at radius 2 is 1.88 bits per heavy atom. The van der Waals surface area contributed by atoms with Gasteiger partial charge in [-0.05, 0) is 24.6 Å². The number of carboxylic acids is 1. The first-order valence-electron chi connectivity index (χ1n) is 5.20. The molecular formula is C12H17NO4. The van der Waals surface area contributed by atoms with Crippen LogP contribution >= 0.6 is 0 Å². The van der Waals surface area contributed by atoms with Crippen molar-refractivity contribution >= 4 is 5.97 Å². The normalized spacial score (nSPS) is 12.0. The van der Waals surface area contributed by atoms with Crippen LogP contribution in [0.5, 0.6) is 11.5 Å². The van der Waals surface area contributed by atoms with E-state index in [4.69, 9.17) is 20.3 Å². The van der Waals surface area contributed by atoms with E-state index in [1.54, 1.807) is 19.2 Å². The molecule has 3 N–H and O–H groups in total. The van der Waals surface area contributed by atoms with Gasteiger partial charge in [0.1, 0.15) is 11.5 Å². The Balaban J connectivity index is 3.22. The van der Waals surface area contributed by atoms with Crippen molar-refractivity contribution in [2.45, 2.75) is 19.4 Å². The van der Waals surface area contributed by atoms with Gasteiger partial charge < -0.3 is 20.3 Å². The summed E-state index contributed by atoms with van der Waals surface area (Å²) in [7, 11) is 3.08. The molecule has 0 aliphatic carbocycles. The van der Waals surface area contributed by atoms with Crippen molar-refractivity contribution in [3.05, 3.63) is 23.3 Å². The average Bonchev–Trinajstić information content (AvgIpc) is 2.27. The first-order valence-corrected chi connectivity index (χ1v) is 5.20. The standard InChI is InChI=1S/C12H17NO4/c1-7-9(16-2)4-5-10(17-3)12(7)8(13)6-11(14)15/h4-5,8H,6,13H2,1-3H3,(H,14,15). The van der Waals surface area contributed by atoms with Gasteiger partial charge in [-0.3, -0.25) is 4.79 Å². The summed E-state index contributed by atoms with van der Waals surface area (Å²) in [5, 5.41) is 8.77. The molecule has 0 heterocycles. The highest BCUT2D eigenvalue weighted by molar-refractivity contribution is 5.68. The summed E-state index contributed by atoms with van der Waals surface area (Å²) in [6, 6.07) is 2.88. The van der Waals surface area contributed by atoms with Crippen LogP contribution in [0, 0.1) is 6.92 Å². The van der Waals surface area contributed by atoms with E-state index in [2.05, 4.69) is 0 Å². The summed E-state index contributed by atoms with van der Waals surface area (Å²) in [5.74, 6) is 0.306. The van der Waals surface area contributed by atoms with E-state index >= 15 is 0 Å². The maximum Gasteiger partial charge on any atom is 0.305 e. The van der Waals surface area contributed by atoms with E-state index in [9.17, 15) is 4.79 Å². The lowest BCUT2D eigenvalue weighted by Gasteiger charge is -2.18. The fourth-order valence-corrected chi connectivity index (χ4v) is 1.83. The van der Waals surface area contributed by atoms with Gasteiger partial charge >= 0.3 is 5.97 Å². The largest absolute Gasteiger partial charge is 0.496 e. The summed E-state index contributed by atoms with van der Waals surface area (Å²) in [6.07, 6.45) is -0.148. The Kier molecular flexibility index (Phi) is 4.34. The lowest BCUT2D eigenvalue weighted by Crippen LogP contribution is -2.17. The van der Waals surface area contributed by atoms with Gasteiger partial charge in [-0.25, -0.2) is 0 Å². The molecule has 0 aromatic heterocycles. The fraction of sp³-hybridized carbons (Fsp3) is 0.417. The molecule has 0 saturated heterocycles. The minimum Gasteiger partial charge on any atom is -0.496 e. The molecule has 0 bridgehead atoms. The van der Waals surface area contributed by atoms with Crippen LogP contribution in [0.4, 0.5) is 0 Å². The number of rotatable bonds is 5. The second-order valence-electron chi connectivity index (χ2n) is 3.71. The molecule has 0 aliphatic rings. The maximum atomic E-state index is 10.7. The lowest BCUT2D eigenvalue weighted by molar-refractivity contribution is -0.137. The first kappa shape index (κ1) is 13.3. The summed E-state index contributed by atoms with van der Waals surface area (Å²) in [6.45, 7) is 1.83. The molecule has 0 spiro atoms. The zero-order valence-corrected chi connectivity index (χ0v) is 10.2. The third-order valence-corrected chi connectivity index (χ3v) is 2.63. The monoisotopic (exact) mass is 239 g/mol. The number of methoxy groups -OCH3 is 2. The number of hydrogen-bond acceptors (Lipinski definition) is 4. The fourth-order valence-electron chi connectivity index (χ4n) is 1.83. The van der Waals surface area contributed by atoms with Gasteiger partial charge in [-0.1, -0.05) is 0 Å². The van der Waals surface area contributed by atoms with Crippen LogP contribution in [-0.4, -0.2) is 25.3 Å². The first-order chi connectivity index (χ1) is 8.01. The van der Waals surface area contributed by atoms with Crippen LogP contribution in [0.3, 0.4) is 0 Å². The predicted octanol–water partition coefficient (Wildman–Crippen LogP) is 1.49. The summed E-state index contributed by atoms with van der Waals surface area (Å²) in [4.78, 5) is 10.7. The van der Waals surface area contributed by atoms with Crippen LogP contribution in [0.2, 0.25) is 0 Å². The third-order valence-electron chi connectivity index (χ3n) is 2.63. The Hall–Kier alpha value is -1.75. The zero-order chi connectivity index (χ0) is 13.0. The maximum absolute atomic E-state index is 10.7. The number of carbonyl (C=O) groups is 1. The van der Waals surface area contributed by atoms with Gasteiger partial charge in [0.25, 0.3) is 0 Å². The van der Waals surface area contributed by atoms with Gasteiger partial charge in [0.2, 0.25) is 0 Å². The molecule has 94 valence electrons. The molecule has 0 amide bonds. The van der Waals surface area contributed by atoms with Gasteiger partial charge in [0, 0.05) is 11.6 Å². The average molecular weight is 239 g/mol. The molecule has 0 radical (unpaired) electrons. The van der Waals surface area contributed by atoms with Gasteiger partial charge in [0.05, 0.1) is 20.6 Å². The summed E-state index contributed by atoms with van der Waals surface area (Å²) in [5.41, 5.74) is 7.36. The highest BCUT2D eigenvalue weighted by Gasteiger charge is 2.19. The molecule has 0 fully saturated rings. The van der Waals surface area contributed by atoms with E-state index in [0.717, 1.165) is 5.56 Å². The van der Waals surface area contributed by atoms with Crippen molar-refractivity contribution in [2.75, 3.05) is 14.2 Å². The van der Waals surface area contributed by atoms with Crippen LogP contribution in [0.25, 0.3) is 0 Å². The number of nitrogens with two attached hydrogens (primary N) is 1. The topological polar surface area (TPSA) is 81.8 Å². The molecule has 0 aliphatic heterocycles. The van der Waals surface area contributed by atoms with E-state index in [1.807, 2.05) is 6.92 Å². The van der Waals surface area contributed by atoms with Crippen molar-refractivity contribution in [1.29, 1.82) is 0 Å². The number of ether oxygens (including phenoxy) is 2. The predicted molar refractivity (Wildman–Crippen MR) is 63.5 cm³/mol. The molecule has 1 atom stereocenters. The second kappa shape index (κ2) is 5.54. The van der Waals surface area contributed by atoms with Crippen molar-refractivity contribution in [1.82, 2.24) is 0 Å². The van der Waals surface area contributed by atoms with Crippen LogP contribution in [-0.2, 0) is 4.79 Å². The van der Waals surface area contributed by atoms with Crippen molar-refractivity contribution in [3.8, 4) is 11.5 Å². The minimum absolute atomic E-state index is 0.148. The molecule has 1 aromatic carbocycles. The Morgan fingerprint density at radius 1 is 1.35 bits per heavy atom. The van der Waals surface area contributed by atoms with Gasteiger partial charge in [0.15, 0.2) is 0 Å². The van der Waals surface area contributed by atoms with Crippen molar-refractivity contribution < 1.29 is 19.4 Å². The third kappa shape index (κ3) is 2.88. The highest BCUT2D eigenvalue weighted by atomic mass is 16.5. The number of carboxylic acid groups (broad SMARTS) is 1. The van der Waals surface area contributed by atoms with Gasteiger partial charge in [-0.15, -0.1) is 0 Å². The lowest BCUT2D eigenvalue weighted by atomic mass is 9.97. The summed E-state index contributed by atoms with van der Waals surface area (Å²) < 4.78 is 10.4. The van der Waals surface area contributed by atoms with E-state index in [0.29, 0.717) is 17.1 Å². The smallest absolute Gasteiger partial charge is 0.305 e. The molecule has 1 aromatic rings. The molecule has 0 saturated carbocycles. The van der Waals surface area contributed by atoms with Crippen LogP contribution < -0.4 is 15.2 Å². The Morgan fingerprint density at radius 3 is 2.35 bits per heavy atom. The van der Waals surface area contributed by atoms with Crippen LogP contribution in [0.15, 0.2) is 12.1 Å². The number of benzene rings is 1. The Labute approximate surface area is 100 Å². The Bertz CT molecular complexity index is 417. The van der Waals surface area contributed by atoms with Crippen molar-refractivity contribution in [2.24, 2.45) is 5.73 Å². The molecule has 5 heteroatoms. The second-order valence-corrected chi connectivity index (χ2v) is 3.71. The minimum atomic E-state index is -0.943. The molecular weight excluding hydrogens is 222 g/mol. The van der Waals surface area contributed by atoms with E-state index < -0.39 is 12.0 Å². The number of aliphatic carboxylic acids is 1.